The normalized spacial score (nSPS) is 13.0. The van der Waals surface area contributed by atoms with Gasteiger partial charge in [0, 0.05) is 6.54 Å². The third-order valence-electron chi connectivity index (χ3n) is 1.60. The Hall–Kier alpha value is -0.860. The molecule has 1 rings (SSSR count). The van der Waals surface area contributed by atoms with Crippen LogP contribution in [0.3, 0.4) is 0 Å². The maximum Gasteiger partial charge on any atom is 0.0791 e. The highest BCUT2D eigenvalue weighted by atomic mass is 16.3. The number of benzene rings is 1. The standard InChI is InChI=1S/C9H12NO/c1-7(11)9-4-2-8(6-10)3-5-9/h2-5,7,11H,1,6,10H2. The smallest absolute Gasteiger partial charge is 0.0791 e. The van der Waals surface area contributed by atoms with Gasteiger partial charge in [-0.1, -0.05) is 24.3 Å². The van der Waals surface area contributed by atoms with Crippen molar-refractivity contribution in [3.05, 3.63) is 42.3 Å². The van der Waals surface area contributed by atoms with Crippen LogP contribution in [0.5, 0.6) is 0 Å². The van der Waals surface area contributed by atoms with E-state index in [2.05, 4.69) is 6.92 Å². The summed E-state index contributed by atoms with van der Waals surface area (Å²) >= 11 is 0. The van der Waals surface area contributed by atoms with E-state index in [1.165, 1.54) is 0 Å². The van der Waals surface area contributed by atoms with Gasteiger partial charge in [0.1, 0.15) is 0 Å². The Kier molecular flexibility index (Phi) is 2.63. The van der Waals surface area contributed by atoms with Gasteiger partial charge in [0.05, 0.1) is 6.10 Å². The van der Waals surface area contributed by atoms with Crippen molar-refractivity contribution in [3.8, 4) is 0 Å². The zero-order chi connectivity index (χ0) is 8.27. The molecule has 0 bridgehead atoms. The van der Waals surface area contributed by atoms with Crippen LogP contribution in [-0.2, 0) is 6.54 Å². The molecule has 1 unspecified atom stereocenters. The summed E-state index contributed by atoms with van der Waals surface area (Å²) in [4.78, 5) is 0. The number of aliphatic hydroxyl groups is 1. The molecule has 0 aliphatic carbocycles. The second-order valence-corrected chi connectivity index (χ2v) is 2.46. The molecule has 0 heterocycles. The molecule has 0 spiro atoms. The summed E-state index contributed by atoms with van der Waals surface area (Å²) in [6.07, 6.45) is -0.637. The molecular weight excluding hydrogens is 138 g/mol. The summed E-state index contributed by atoms with van der Waals surface area (Å²) in [6.45, 7) is 4.02. The third-order valence-corrected chi connectivity index (χ3v) is 1.60. The lowest BCUT2D eigenvalue weighted by Gasteiger charge is -2.04. The molecule has 2 nitrogen and oxygen atoms in total. The maximum atomic E-state index is 9.04. The van der Waals surface area contributed by atoms with Crippen LogP contribution in [0.2, 0.25) is 0 Å². The fourth-order valence-corrected chi connectivity index (χ4v) is 0.876. The van der Waals surface area contributed by atoms with E-state index in [0.717, 1.165) is 11.1 Å². The molecule has 11 heavy (non-hydrogen) atoms. The van der Waals surface area contributed by atoms with E-state index in [4.69, 9.17) is 10.8 Å². The highest BCUT2D eigenvalue weighted by Crippen LogP contribution is 2.11. The first kappa shape index (κ1) is 8.24. The van der Waals surface area contributed by atoms with Crippen LogP contribution in [-0.4, -0.2) is 5.11 Å². The molecular formula is C9H12NO. The summed E-state index contributed by atoms with van der Waals surface area (Å²) in [6, 6.07) is 7.45. The molecule has 0 aliphatic rings. The van der Waals surface area contributed by atoms with Crippen molar-refractivity contribution in [2.45, 2.75) is 12.6 Å². The minimum absolute atomic E-state index is 0.535. The van der Waals surface area contributed by atoms with Crippen molar-refractivity contribution in [3.63, 3.8) is 0 Å². The van der Waals surface area contributed by atoms with Crippen molar-refractivity contribution >= 4 is 0 Å². The lowest BCUT2D eigenvalue weighted by Crippen LogP contribution is -1.97. The third kappa shape index (κ3) is 2.03. The lowest BCUT2D eigenvalue weighted by molar-refractivity contribution is 0.226. The van der Waals surface area contributed by atoms with Crippen molar-refractivity contribution in [1.82, 2.24) is 0 Å². The molecule has 1 atom stereocenters. The van der Waals surface area contributed by atoms with E-state index in [1.54, 1.807) is 0 Å². The van der Waals surface area contributed by atoms with E-state index in [-0.39, 0.29) is 0 Å². The van der Waals surface area contributed by atoms with Gasteiger partial charge >= 0.3 is 0 Å². The summed E-state index contributed by atoms with van der Waals surface area (Å²) < 4.78 is 0. The SMILES string of the molecule is [CH2]C(O)c1ccc(CN)cc1. The molecule has 1 aromatic carbocycles. The molecule has 2 heteroatoms. The largest absolute Gasteiger partial charge is 0.388 e. The Morgan fingerprint density at radius 3 is 2.27 bits per heavy atom. The molecule has 0 saturated carbocycles. The van der Waals surface area contributed by atoms with Crippen molar-refractivity contribution in [2.24, 2.45) is 5.73 Å². The average molecular weight is 150 g/mol. The quantitative estimate of drug-likeness (QED) is 0.661. The zero-order valence-electron chi connectivity index (χ0n) is 6.33. The Bertz CT molecular complexity index is 216. The van der Waals surface area contributed by atoms with Crippen LogP contribution in [0.4, 0.5) is 0 Å². The van der Waals surface area contributed by atoms with Crippen LogP contribution in [0.1, 0.15) is 17.2 Å². The van der Waals surface area contributed by atoms with Gasteiger partial charge < -0.3 is 10.8 Å². The Morgan fingerprint density at radius 2 is 1.91 bits per heavy atom. The van der Waals surface area contributed by atoms with Crippen LogP contribution < -0.4 is 5.73 Å². The number of aliphatic hydroxyl groups excluding tert-OH is 1. The zero-order valence-corrected chi connectivity index (χ0v) is 6.33. The second kappa shape index (κ2) is 3.51. The first-order valence-corrected chi connectivity index (χ1v) is 3.54. The number of rotatable bonds is 2. The van der Waals surface area contributed by atoms with Crippen LogP contribution in [0.15, 0.2) is 24.3 Å². The molecule has 59 valence electrons. The predicted octanol–water partition coefficient (Wildman–Crippen LogP) is 1.01. The van der Waals surface area contributed by atoms with Crippen molar-refractivity contribution in [1.29, 1.82) is 0 Å². The summed E-state index contributed by atoms with van der Waals surface area (Å²) in [5, 5.41) is 9.04. The van der Waals surface area contributed by atoms with Crippen molar-refractivity contribution in [2.75, 3.05) is 0 Å². The highest BCUT2D eigenvalue weighted by molar-refractivity contribution is 5.24. The van der Waals surface area contributed by atoms with E-state index in [9.17, 15) is 0 Å². The molecule has 0 fully saturated rings. The molecule has 0 saturated heterocycles. The fraction of sp³-hybridized carbons (Fsp3) is 0.222. The first-order chi connectivity index (χ1) is 5.24. The van der Waals surface area contributed by atoms with Gasteiger partial charge in [-0.3, -0.25) is 0 Å². The fourth-order valence-electron chi connectivity index (χ4n) is 0.876. The van der Waals surface area contributed by atoms with Gasteiger partial charge in [-0.2, -0.15) is 0 Å². The molecule has 0 aromatic heterocycles. The van der Waals surface area contributed by atoms with Gasteiger partial charge in [-0.25, -0.2) is 0 Å². The van der Waals surface area contributed by atoms with E-state index in [0.29, 0.717) is 6.54 Å². The topological polar surface area (TPSA) is 46.2 Å². The summed E-state index contributed by atoms with van der Waals surface area (Å²) in [5.74, 6) is 0. The van der Waals surface area contributed by atoms with Crippen LogP contribution in [0.25, 0.3) is 0 Å². The van der Waals surface area contributed by atoms with Crippen LogP contribution >= 0.6 is 0 Å². The lowest BCUT2D eigenvalue weighted by atomic mass is 10.1. The van der Waals surface area contributed by atoms with E-state index < -0.39 is 6.10 Å². The van der Waals surface area contributed by atoms with Gasteiger partial charge in [-0.15, -0.1) is 0 Å². The number of nitrogens with two attached hydrogens (primary N) is 1. The highest BCUT2D eigenvalue weighted by Gasteiger charge is 1.98. The average Bonchev–Trinajstić information content (AvgIpc) is 2.05. The first-order valence-electron chi connectivity index (χ1n) is 3.54. The van der Waals surface area contributed by atoms with Crippen LogP contribution in [0, 0.1) is 6.92 Å². The minimum atomic E-state index is -0.637. The molecule has 1 radical (unpaired) electrons. The van der Waals surface area contributed by atoms with Gasteiger partial charge in [-0.05, 0) is 18.1 Å². The monoisotopic (exact) mass is 150 g/mol. The van der Waals surface area contributed by atoms with Crippen molar-refractivity contribution < 1.29 is 5.11 Å². The summed E-state index contributed by atoms with van der Waals surface area (Å²) in [7, 11) is 0. The Balaban J connectivity index is 2.83. The molecule has 3 N–H and O–H groups in total. The minimum Gasteiger partial charge on any atom is -0.388 e. The van der Waals surface area contributed by atoms with E-state index in [1.807, 2.05) is 24.3 Å². The number of hydrogen-bond acceptors (Lipinski definition) is 2. The Labute approximate surface area is 66.7 Å². The maximum absolute atomic E-state index is 9.04. The predicted molar refractivity (Wildman–Crippen MR) is 44.7 cm³/mol. The van der Waals surface area contributed by atoms with Gasteiger partial charge in [0.2, 0.25) is 0 Å². The summed E-state index contributed by atoms with van der Waals surface area (Å²) in [5.41, 5.74) is 7.28. The number of hydrogen-bond donors (Lipinski definition) is 2. The Morgan fingerprint density at radius 1 is 1.36 bits per heavy atom. The molecule has 0 amide bonds. The van der Waals surface area contributed by atoms with Gasteiger partial charge in [0.25, 0.3) is 0 Å². The van der Waals surface area contributed by atoms with E-state index >= 15 is 0 Å². The second-order valence-electron chi connectivity index (χ2n) is 2.46. The molecule has 0 aliphatic heterocycles. The molecule has 1 aromatic rings. The van der Waals surface area contributed by atoms with Gasteiger partial charge in [0.15, 0.2) is 0 Å².